The number of Topliss-reactive ketones (excluding diaryl/α,β-unsaturated/α-hetero) is 1. The number of carbonyl (C=O) groups is 2. The zero-order valence-corrected chi connectivity index (χ0v) is 11.2. The highest BCUT2D eigenvalue weighted by molar-refractivity contribution is 5.79. The fourth-order valence-corrected chi connectivity index (χ4v) is 3.71. The molecule has 0 heterocycles. The number of nitrogens with one attached hydrogen (secondary N) is 1. The Morgan fingerprint density at radius 1 is 1.26 bits per heavy atom. The van der Waals surface area contributed by atoms with Crippen LogP contribution in [0.1, 0.15) is 49.8 Å². The average molecular weight is 257 g/mol. The SMILES string of the molecule is CC(=O)NC1c2ccccc2CC12CCC(=O)CC2. The highest BCUT2D eigenvalue weighted by atomic mass is 16.1. The number of ketones is 1. The predicted octanol–water partition coefficient (Wildman–Crippen LogP) is 2.55. The molecule has 19 heavy (non-hydrogen) atoms. The van der Waals surface area contributed by atoms with Crippen molar-refractivity contribution in [1.29, 1.82) is 0 Å². The van der Waals surface area contributed by atoms with E-state index in [2.05, 4.69) is 23.5 Å². The van der Waals surface area contributed by atoms with E-state index in [1.54, 1.807) is 6.92 Å². The number of carbonyl (C=O) groups excluding carboxylic acids is 2. The van der Waals surface area contributed by atoms with Crippen molar-refractivity contribution in [3.8, 4) is 0 Å². The van der Waals surface area contributed by atoms with E-state index in [4.69, 9.17) is 0 Å². The van der Waals surface area contributed by atoms with Crippen molar-refractivity contribution in [2.75, 3.05) is 0 Å². The van der Waals surface area contributed by atoms with Crippen molar-refractivity contribution in [3.05, 3.63) is 35.4 Å². The van der Waals surface area contributed by atoms with Gasteiger partial charge >= 0.3 is 0 Å². The molecule has 0 bridgehead atoms. The molecule has 3 nitrogen and oxygen atoms in total. The van der Waals surface area contributed by atoms with Crippen LogP contribution < -0.4 is 5.32 Å². The summed E-state index contributed by atoms with van der Waals surface area (Å²) in [5.74, 6) is 0.376. The van der Waals surface area contributed by atoms with Crippen LogP contribution in [0.4, 0.5) is 0 Å². The lowest BCUT2D eigenvalue weighted by Crippen LogP contribution is -2.40. The third kappa shape index (κ3) is 2.07. The number of amides is 1. The van der Waals surface area contributed by atoms with E-state index in [0.29, 0.717) is 18.6 Å². The third-order valence-electron chi connectivity index (χ3n) is 4.67. The molecule has 1 spiro atoms. The Hall–Kier alpha value is -1.64. The first-order valence-corrected chi connectivity index (χ1v) is 6.97. The Bertz CT molecular complexity index is 525. The maximum Gasteiger partial charge on any atom is 0.217 e. The molecule has 0 saturated heterocycles. The quantitative estimate of drug-likeness (QED) is 0.840. The molecular weight excluding hydrogens is 238 g/mol. The fraction of sp³-hybridized carbons (Fsp3) is 0.500. The lowest BCUT2D eigenvalue weighted by Gasteiger charge is -2.39. The highest BCUT2D eigenvalue weighted by Crippen LogP contribution is 2.53. The molecule has 1 aromatic rings. The summed E-state index contributed by atoms with van der Waals surface area (Å²) in [5, 5.41) is 3.12. The second-order valence-corrected chi connectivity index (χ2v) is 5.91. The van der Waals surface area contributed by atoms with Gasteiger partial charge in [0.2, 0.25) is 5.91 Å². The molecule has 1 amide bonds. The summed E-state index contributed by atoms with van der Waals surface area (Å²) in [7, 11) is 0. The molecular formula is C16H19NO2. The maximum atomic E-state index is 11.5. The summed E-state index contributed by atoms with van der Waals surface area (Å²) in [6.07, 6.45) is 4.09. The number of hydrogen-bond donors (Lipinski definition) is 1. The van der Waals surface area contributed by atoms with Crippen LogP contribution in [0.5, 0.6) is 0 Å². The van der Waals surface area contributed by atoms with Crippen LogP contribution in [-0.2, 0) is 16.0 Å². The standard InChI is InChI=1S/C16H19NO2/c1-11(18)17-15-14-5-3-2-4-12(14)10-16(15)8-6-13(19)7-9-16/h2-5,15H,6-10H2,1H3,(H,17,18). The van der Waals surface area contributed by atoms with E-state index >= 15 is 0 Å². The van der Waals surface area contributed by atoms with Crippen LogP contribution in [0.3, 0.4) is 0 Å². The summed E-state index contributed by atoms with van der Waals surface area (Å²) in [6, 6.07) is 8.42. The molecule has 0 aliphatic heterocycles. The van der Waals surface area contributed by atoms with Crippen molar-refractivity contribution < 1.29 is 9.59 Å². The Kier molecular flexibility index (Phi) is 2.92. The highest BCUT2D eigenvalue weighted by Gasteiger charge is 2.47. The monoisotopic (exact) mass is 257 g/mol. The first kappa shape index (κ1) is 12.4. The number of fused-ring (bicyclic) bond motifs is 1. The molecule has 3 heteroatoms. The first-order chi connectivity index (χ1) is 9.11. The normalized spacial score (nSPS) is 24.3. The van der Waals surface area contributed by atoms with Gasteiger partial charge < -0.3 is 5.32 Å². The van der Waals surface area contributed by atoms with Gasteiger partial charge in [-0.1, -0.05) is 24.3 Å². The van der Waals surface area contributed by atoms with Gasteiger partial charge in [0.1, 0.15) is 5.78 Å². The fourth-order valence-electron chi connectivity index (χ4n) is 3.71. The zero-order chi connectivity index (χ0) is 13.5. The Labute approximate surface area is 113 Å². The largest absolute Gasteiger partial charge is 0.349 e. The summed E-state index contributed by atoms with van der Waals surface area (Å²) >= 11 is 0. The lowest BCUT2D eigenvalue weighted by atomic mass is 9.69. The minimum Gasteiger partial charge on any atom is -0.349 e. The predicted molar refractivity (Wildman–Crippen MR) is 72.6 cm³/mol. The Morgan fingerprint density at radius 2 is 1.95 bits per heavy atom. The Morgan fingerprint density at radius 3 is 2.63 bits per heavy atom. The third-order valence-corrected chi connectivity index (χ3v) is 4.67. The van der Waals surface area contributed by atoms with Gasteiger partial charge in [-0.2, -0.15) is 0 Å². The van der Waals surface area contributed by atoms with E-state index in [-0.39, 0.29) is 17.4 Å². The van der Waals surface area contributed by atoms with E-state index < -0.39 is 0 Å². The molecule has 3 rings (SSSR count). The topological polar surface area (TPSA) is 46.2 Å². The molecule has 1 fully saturated rings. The van der Waals surface area contributed by atoms with Gasteiger partial charge in [0, 0.05) is 19.8 Å². The molecule has 100 valence electrons. The van der Waals surface area contributed by atoms with Crippen molar-refractivity contribution in [2.24, 2.45) is 5.41 Å². The summed E-state index contributed by atoms with van der Waals surface area (Å²) in [6.45, 7) is 1.57. The van der Waals surface area contributed by atoms with Crippen LogP contribution >= 0.6 is 0 Å². The van der Waals surface area contributed by atoms with Crippen molar-refractivity contribution in [3.63, 3.8) is 0 Å². The molecule has 1 aromatic carbocycles. The number of hydrogen-bond acceptors (Lipinski definition) is 2. The second kappa shape index (κ2) is 4.48. The number of benzene rings is 1. The van der Waals surface area contributed by atoms with E-state index in [9.17, 15) is 9.59 Å². The van der Waals surface area contributed by atoms with Gasteiger partial charge in [0.25, 0.3) is 0 Å². The van der Waals surface area contributed by atoms with Crippen LogP contribution in [0.2, 0.25) is 0 Å². The molecule has 2 aliphatic rings. The van der Waals surface area contributed by atoms with Crippen LogP contribution in [0, 0.1) is 5.41 Å². The summed E-state index contributed by atoms with van der Waals surface area (Å²) in [4.78, 5) is 23.0. The summed E-state index contributed by atoms with van der Waals surface area (Å²) in [5.41, 5.74) is 2.63. The molecule has 0 aromatic heterocycles. The Balaban J connectivity index is 1.97. The minimum absolute atomic E-state index is 0.0120. The van der Waals surface area contributed by atoms with Gasteiger partial charge in [-0.25, -0.2) is 0 Å². The van der Waals surface area contributed by atoms with Gasteiger partial charge in [-0.05, 0) is 35.8 Å². The van der Waals surface area contributed by atoms with Crippen LogP contribution in [0.25, 0.3) is 0 Å². The van der Waals surface area contributed by atoms with Crippen molar-refractivity contribution in [2.45, 2.75) is 45.1 Å². The van der Waals surface area contributed by atoms with Gasteiger partial charge in [-0.15, -0.1) is 0 Å². The lowest BCUT2D eigenvalue weighted by molar-refractivity contribution is -0.123. The molecule has 1 unspecified atom stereocenters. The summed E-state index contributed by atoms with van der Waals surface area (Å²) < 4.78 is 0. The van der Waals surface area contributed by atoms with E-state index in [1.165, 1.54) is 11.1 Å². The van der Waals surface area contributed by atoms with E-state index in [0.717, 1.165) is 19.3 Å². The molecule has 2 aliphatic carbocycles. The maximum absolute atomic E-state index is 11.5. The van der Waals surface area contributed by atoms with Gasteiger partial charge in [-0.3, -0.25) is 9.59 Å². The second-order valence-electron chi connectivity index (χ2n) is 5.91. The van der Waals surface area contributed by atoms with Crippen molar-refractivity contribution >= 4 is 11.7 Å². The van der Waals surface area contributed by atoms with Crippen LogP contribution in [0.15, 0.2) is 24.3 Å². The van der Waals surface area contributed by atoms with Crippen molar-refractivity contribution in [1.82, 2.24) is 5.32 Å². The molecule has 1 atom stereocenters. The zero-order valence-electron chi connectivity index (χ0n) is 11.2. The van der Waals surface area contributed by atoms with Gasteiger partial charge in [0.05, 0.1) is 6.04 Å². The van der Waals surface area contributed by atoms with Crippen LogP contribution in [-0.4, -0.2) is 11.7 Å². The molecule has 1 N–H and O–H groups in total. The van der Waals surface area contributed by atoms with E-state index in [1.807, 2.05) is 6.07 Å². The minimum atomic E-state index is 0.0120. The molecule has 0 radical (unpaired) electrons. The number of rotatable bonds is 1. The van der Waals surface area contributed by atoms with Gasteiger partial charge in [0.15, 0.2) is 0 Å². The molecule has 1 saturated carbocycles. The smallest absolute Gasteiger partial charge is 0.217 e. The average Bonchev–Trinajstić information content (AvgIpc) is 2.68. The first-order valence-electron chi connectivity index (χ1n) is 6.97.